The molecule has 2 aromatic rings. The Balaban J connectivity index is 2.13. The van der Waals surface area contributed by atoms with Gasteiger partial charge < -0.3 is 15.2 Å². The van der Waals surface area contributed by atoms with Crippen LogP contribution in [0, 0.1) is 0 Å². The minimum Gasteiger partial charge on any atom is -0.504 e. The van der Waals surface area contributed by atoms with Crippen molar-refractivity contribution in [2.24, 2.45) is 0 Å². The maximum atomic E-state index is 9.67. The number of hydrogen-bond donors (Lipinski definition) is 2. The van der Waals surface area contributed by atoms with Crippen LogP contribution in [0.4, 0.5) is 5.69 Å². The van der Waals surface area contributed by atoms with Gasteiger partial charge in [-0.15, -0.1) is 0 Å². The van der Waals surface area contributed by atoms with Gasteiger partial charge >= 0.3 is 0 Å². The second-order valence-electron chi connectivity index (χ2n) is 6.62. The number of methoxy groups -OCH3 is 1. The number of phenols is 1. The van der Waals surface area contributed by atoms with Gasteiger partial charge in [0, 0.05) is 11.7 Å². The predicted octanol–water partition coefficient (Wildman–Crippen LogP) is 4.87. The number of hydrogen-bond acceptors (Lipinski definition) is 3. The van der Waals surface area contributed by atoms with E-state index in [0.717, 1.165) is 11.3 Å². The molecule has 0 fully saturated rings. The van der Waals surface area contributed by atoms with Gasteiger partial charge in [0.15, 0.2) is 11.5 Å². The van der Waals surface area contributed by atoms with Crippen LogP contribution in [-0.4, -0.2) is 12.2 Å². The summed E-state index contributed by atoms with van der Waals surface area (Å²) >= 11 is 0. The van der Waals surface area contributed by atoms with Gasteiger partial charge in [-0.05, 0) is 47.7 Å². The molecule has 3 heteroatoms. The van der Waals surface area contributed by atoms with Crippen molar-refractivity contribution in [1.29, 1.82) is 0 Å². The smallest absolute Gasteiger partial charge is 0.160 e. The molecule has 0 saturated carbocycles. The Morgan fingerprint density at radius 3 is 2.23 bits per heavy atom. The molecule has 0 saturated heterocycles. The maximum absolute atomic E-state index is 9.67. The number of ether oxygens (including phenoxy) is 1. The van der Waals surface area contributed by atoms with Crippen LogP contribution in [0.3, 0.4) is 0 Å². The fourth-order valence-corrected chi connectivity index (χ4v) is 2.36. The van der Waals surface area contributed by atoms with Gasteiger partial charge in [0.25, 0.3) is 0 Å². The van der Waals surface area contributed by atoms with Crippen LogP contribution >= 0.6 is 0 Å². The second kappa shape index (κ2) is 6.30. The molecule has 1 atom stereocenters. The number of rotatable bonds is 4. The minimum atomic E-state index is 0.120. The third-order valence-electron chi connectivity index (χ3n) is 3.84. The van der Waals surface area contributed by atoms with E-state index in [9.17, 15) is 5.11 Å². The Bertz CT molecular complexity index is 627. The summed E-state index contributed by atoms with van der Waals surface area (Å²) < 4.78 is 5.16. The molecule has 0 aliphatic rings. The summed E-state index contributed by atoms with van der Waals surface area (Å²) in [5.41, 5.74) is 3.62. The molecule has 2 aromatic carbocycles. The predicted molar refractivity (Wildman–Crippen MR) is 91.8 cm³/mol. The number of phenolic OH excluding ortho intramolecular Hbond substituents is 1. The fraction of sp³-hybridized carbons (Fsp3) is 0.368. The number of benzene rings is 2. The van der Waals surface area contributed by atoms with Gasteiger partial charge in [0.2, 0.25) is 0 Å². The average Bonchev–Trinajstić information content (AvgIpc) is 2.47. The summed E-state index contributed by atoms with van der Waals surface area (Å²) in [4.78, 5) is 0. The molecule has 0 spiro atoms. The highest BCUT2D eigenvalue weighted by Crippen LogP contribution is 2.30. The van der Waals surface area contributed by atoms with E-state index in [-0.39, 0.29) is 17.2 Å². The molecule has 0 heterocycles. The zero-order valence-corrected chi connectivity index (χ0v) is 14.0. The highest BCUT2D eigenvalue weighted by molar-refractivity contribution is 5.49. The molecule has 0 amide bonds. The monoisotopic (exact) mass is 299 g/mol. The Labute approximate surface area is 133 Å². The number of aromatic hydroxyl groups is 1. The van der Waals surface area contributed by atoms with Crippen molar-refractivity contribution in [2.45, 2.75) is 39.2 Å². The molecule has 3 nitrogen and oxygen atoms in total. The molecule has 0 aliphatic carbocycles. The third-order valence-corrected chi connectivity index (χ3v) is 3.84. The van der Waals surface area contributed by atoms with Crippen molar-refractivity contribution in [3.63, 3.8) is 0 Å². The van der Waals surface area contributed by atoms with Gasteiger partial charge in [-0.1, -0.05) is 39.0 Å². The van der Waals surface area contributed by atoms with E-state index in [1.807, 2.05) is 12.1 Å². The lowest BCUT2D eigenvalue weighted by atomic mass is 9.87. The first-order valence-electron chi connectivity index (χ1n) is 7.55. The van der Waals surface area contributed by atoms with Crippen LogP contribution in [0.5, 0.6) is 11.5 Å². The van der Waals surface area contributed by atoms with Crippen molar-refractivity contribution in [2.75, 3.05) is 12.4 Å². The molecule has 2 N–H and O–H groups in total. The van der Waals surface area contributed by atoms with Crippen LogP contribution in [0.1, 0.15) is 44.9 Å². The second-order valence-corrected chi connectivity index (χ2v) is 6.62. The van der Waals surface area contributed by atoms with Gasteiger partial charge in [0.05, 0.1) is 7.11 Å². The van der Waals surface area contributed by atoms with Crippen LogP contribution < -0.4 is 10.1 Å². The normalized spacial score (nSPS) is 12.8. The molecule has 1 unspecified atom stereocenters. The number of nitrogens with one attached hydrogen (secondary N) is 1. The highest BCUT2D eigenvalue weighted by Gasteiger charge is 2.13. The quantitative estimate of drug-likeness (QED) is 0.846. The highest BCUT2D eigenvalue weighted by atomic mass is 16.5. The lowest BCUT2D eigenvalue weighted by Gasteiger charge is -2.21. The molecule has 118 valence electrons. The van der Waals surface area contributed by atoms with E-state index in [4.69, 9.17) is 4.74 Å². The summed E-state index contributed by atoms with van der Waals surface area (Å²) in [5.74, 6) is 0.655. The topological polar surface area (TPSA) is 41.5 Å². The standard InChI is InChI=1S/C19H25NO2/c1-13(14-6-11-17(21)18(12-14)22-5)20-16-9-7-15(8-10-16)19(2,3)4/h6-13,20-21H,1-5H3. The molecule has 0 aromatic heterocycles. The zero-order valence-electron chi connectivity index (χ0n) is 14.0. The number of anilines is 1. The van der Waals surface area contributed by atoms with Crippen molar-refractivity contribution in [3.05, 3.63) is 53.6 Å². The Hall–Kier alpha value is -2.16. The van der Waals surface area contributed by atoms with E-state index in [1.54, 1.807) is 13.2 Å². The molecule has 22 heavy (non-hydrogen) atoms. The first-order valence-corrected chi connectivity index (χ1v) is 7.55. The lowest BCUT2D eigenvalue weighted by Crippen LogP contribution is -2.11. The SMILES string of the molecule is COc1cc(C(C)Nc2ccc(C(C)(C)C)cc2)ccc1O. The third kappa shape index (κ3) is 3.73. The van der Waals surface area contributed by atoms with Crippen molar-refractivity contribution in [3.8, 4) is 11.5 Å². The molecule has 0 aliphatic heterocycles. The summed E-state index contributed by atoms with van der Waals surface area (Å²) in [5, 5.41) is 13.1. The van der Waals surface area contributed by atoms with Crippen molar-refractivity contribution in [1.82, 2.24) is 0 Å². The summed E-state index contributed by atoms with van der Waals surface area (Å²) in [6.07, 6.45) is 0. The van der Waals surface area contributed by atoms with E-state index in [0.29, 0.717) is 5.75 Å². The van der Waals surface area contributed by atoms with E-state index < -0.39 is 0 Å². The van der Waals surface area contributed by atoms with Gasteiger partial charge in [0.1, 0.15) is 0 Å². The van der Waals surface area contributed by atoms with E-state index in [1.165, 1.54) is 5.56 Å². The molecule has 0 bridgehead atoms. The Morgan fingerprint density at radius 2 is 1.68 bits per heavy atom. The van der Waals surface area contributed by atoms with Gasteiger partial charge in [-0.25, -0.2) is 0 Å². The van der Waals surface area contributed by atoms with Crippen LogP contribution in [0.2, 0.25) is 0 Å². The fourth-order valence-electron chi connectivity index (χ4n) is 2.36. The molecule has 0 radical (unpaired) electrons. The van der Waals surface area contributed by atoms with E-state index in [2.05, 4.69) is 57.3 Å². The first kappa shape index (κ1) is 16.2. The van der Waals surface area contributed by atoms with Gasteiger partial charge in [-0.2, -0.15) is 0 Å². The average molecular weight is 299 g/mol. The van der Waals surface area contributed by atoms with Crippen molar-refractivity contribution < 1.29 is 9.84 Å². The summed E-state index contributed by atoms with van der Waals surface area (Å²) in [6.45, 7) is 8.71. The van der Waals surface area contributed by atoms with Crippen LogP contribution in [-0.2, 0) is 5.41 Å². The lowest BCUT2D eigenvalue weighted by molar-refractivity contribution is 0.373. The Morgan fingerprint density at radius 1 is 1.05 bits per heavy atom. The van der Waals surface area contributed by atoms with E-state index >= 15 is 0 Å². The summed E-state index contributed by atoms with van der Waals surface area (Å²) in [7, 11) is 1.56. The molecule has 2 rings (SSSR count). The minimum absolute atomic E-state index is 0.120. The Kier molecular flexibility index (Phi) is 4.65. The maximum Gasteiger partial charge on any atom is 0.160 e. The van der Waals surface area contributed by atoms with Crippen LogP contribution in [0.25, 0.3) is 0 Å². The largest absolute Gasteiger partial charge is 0.504 e. The zero-order chi connectivity index (χ0) is 16.3. The van der Waals surface area contributed by atoms with Gasteiger partial charge in [-0.3, -0.25) is 0 Å². The molecular formula is C19H25NO2. The van der Waals surface area contributed by atoms with Crippen LogP contribution in [0.15, 0.2) is 42.5 Å². The molecular weight excluding hydrogens is 274 g/mol. The first-order chi connectivity index (χ1) is 10.3. The van der Waals surface area contributed by atoms with Crippen molar-refractivity contribution >= 4 is 5.69 Å². The summed E-state index contributed by atoms with van der Waals surface area (Å²) in [6, 6.07) is 14.1.